The zero-order valence-corrected chi connectivity index (χ0v) is 12.0. The Labute approximate surface area is 122 Å². The molecule has 1 amide bonds. The SMILES string of the molecule is CNC(c1cc2c(cc1Cl)NC(=O)C2)C1COCCO1. The molecule has 20 heavy (non-hydrogen) atoms. The van der Waals surface area contributed by atoms with Crippen LogP contribution in [-0.2, 0) is 20.7 Å². The number of carbonyl (C=O) groups excluding carboxylic acids is 1. The van der Waals surface area contributed by atoms with Gasteiger partial charge in [-0.2, -0.15) is 0 Å². The summed E-state index contributed by atoms with van der Waals surface area (Å²) in [5, 5.41) is 6.66. The van der Waals surface area contributed by atoms with E-state index in [9.17, 15) is 4.79 Å². The van der Waals surface area contributed by atoms with Gasteiger partial charge in [0.15, 0.2) is 0 Å². The maximum atomic E-state index is 11.4. The van der Waals surface area contributed by atoms with E-state index < -0.39 is 0 Å². The standard InChI is InChI=1S/C14H17ClN2O3/c1-16-14(12-7-19-2-3-20-12)9-4-8-5-13(18)17-11(8)6-10(9)15/h4,6,12,14,16H,2-3,5,7H2,1H3,(H,17,18). The van der Waals surface area contributed by atoms with Crippen LogP contribution in [0.4, 0.5) is 5.69 Å². The number of hydrogen-bond acceptors (Lipinski definition) is 4. The zero-order valence-electron chi connectivity index (χ0n) is 11.2. The summed E-state index contributed by atoms with van der Waals surface area (Å²) in [7, 11) is 1.87. The Morgan fingerprint density at radius 3 is 3.00 bits per heavy atom. The minimum absolute atomic E-state index is 0.00599. The van der Waals surface area contributed by atoms with E-state index in [1.54, 1.807) is 0 Å². The van der Waals surface area contributed by atoms with Crippen LogP contribution >= 0.6 is 11.6 Å². The van der Waals surface area contributed by atoms with Crippen LogP contribution in [0, 0.1) is 0 Å². The molecule has 2 aliphatic rings. The van der Waals surface area contributed by atoms with E-state index in [4.69, 9.17) is 21.1 Å². The number of anilines is 1. The van der Waals surface area contributed by atoms with Crippen molar-refractivity contribution in [2.24, 2.45) is 0 Å². The molecule has 6 heteroatoms. The van der Waals surface area contributed by atoms with E-state index in [-0.39, 0.29) is 18.1 Å². The lowest BCUT2D eigenvalue weighted by Crippen LogP contribution is -2.39. The number of rotatable bonds is 3. The summed E-state index contributed by atoms with van der Waals surface area (Å²) < 4.78 is 11.2. The zero-order chi connectivity index (χ0) is 14.1. The summed E-state index contributed by atoms with van der Waals surface area (Å²) in [4.78, 5) is 11.4. The van der Waals surface area contributed by atoms with Crippen molar-refractivity contribution in [2.45, 2.75) is 18.6 Å². The molecule has 2 atom stereocenters. The van der Waals surface area contributed by atoms with Crippen LogP contribution in [0.5, 0.6) is 0 Å². The molecule has 2 N–H and O–H groups in total. The van der Waals surface area contributed by atoms with E-state index >= 15 is 0 Å². The predicted octanol–water partition coefficient (Wildman–Crippen LogP) is 1.51. The molecule has 0 saturated carbocycles. The lowest BCUT2D eigenvalue weighted by Gasteiger charge is -2.31. The first kappa shape index (κ1) is 13.8. The fourth-order valence-corrected chi connectivity index (χ4v) is 3.03. The van der Waals surface area contributed by atoms with Crippen LogP contribution in [0.2, 0.25) is 5.02 Å². The van der Waals surface area contributed by atoms with Gasteiger partial charge in [0.25, 0.3) is 0 Å². The molecule has 2 aliphatic heterocycles. The molecule has 108 valence electrons. The highest BCUT2D eigenvalue weighted by molar-refractivity contribution is 6.32. The number of amides is 1. The molecule has 2 heterocycles. The van der Waals surface area contributed by atoms with Crippen molar-refractivity contribution in [3.63, 3.8) is 0 Å². The molecule has 0 spiro atoms. The molecule has 1 saturated heterocycles. The van der Waals surface area contributed by atoms with Gasteiger partial charge in [-0.25, -0.2) is 0 Å². The Hall–Kier alpha value is -1.14. The van der Waals surface area contributed by atoms with E-state index in [1.165, 1.54) is 0 Å². The summed E-state index contributed by atoms with van der Waals surface area (Å²) >= 11 is 6.36. The number of likely N-dealkylation sites (N-methyl/N-ethyl adjacent to an activating group) is 1. The van der Waals surface area contributed by atoms with Gasteiger partial charge in [-0.05, 0) is 24.2 Å². The van der Waals surface area contributed by atoms with Gasteiger partial charge in [0.05, 0.1) is 32.3 Å². The number of hydrogen-bond donors (Lipinski definition) is 2. The highest BCUT2D eigenvalue weighted by Crippen LogP contribution is 2.34. The minimum atomic E-state index is -0.0747. The first-order chi connectivity index (χ1) is 9.69. The second kappa shape index (κ2) is 5.69. The van der Waals surface area contributed by atoms with Gasteiger partial charge < -0.3 is 20.1 Å². The molecule has 2 unspecified atom stereocenters. The summed E-state index contributed by atoms with van der Waals surface area (Å²) in [6, 6.07) is 3.74. The Balaban J connectivity index is 1.91. The van der Waals surface area contributed by atoms with Crippen LogP contribution in [0.1, 0.15) is 17.2 Å². The van der Waals surface area contributed by atoms with Crippen molar-refractivity contribution in [1.82, 2.24) is 5.32 Å². The van der Waals surface area contributed by atoms with Gasteiger partial charge in [0.2, 0.25) is 5.91 Å². The first-order valence-corrected chi connectivity index (χ1v) is 7.05. The van der Waals surface area contributed by atoms with Crippen molar-refractivity contribution in [3.05, 3.63) is 28.3 Å². The Kier molecular flexibility index (Phi) is 3.94. The Morgan fingerprint density at radius 1 is 1.45 bits per heavy atom. The molecule has 1 fully saturated rings. The van der Waals surface area contributed by atoms with Gasteiger partial charge in [0, 0.05) is 10.7 Å². The van der Waals surface area contributed by atoms with Crippen molar-refractivity contribution in [2.75, 3.05) is 32.2 Å². The average molecular weight is 297 g/mol. The molecule has 1 aromatic rings. The van der Waals surface area contributed by atoms with E-state index in [1.807, 2.05) is 19.2 Å². The molecule has 0 radical (unpaired) electrons. The molecule has 0 aliphatic carbocycles. The van der Waals surface area contributed by atoms with Gasteiger partial charge in [-0.1, -0.05) is 17.7 Å². The fourth-order valence-electron chi connectivity index (χ4n) is 2.75. The predicted molar refractivity (Wildman–Crippen MR) is 76.1 cm³/mol. The maximum Gasteiger partial charge on any atom is 0.228 e. The Bertz CT molecular complexity index is 529. The largest absolute Gasteiger partial charge is 0.376 e. The van der Waals surface area contributed by atoms with Crippen molar-refractivity contribution < 1.29 is 14.3 Å². The van der Waals surface area contributed by atoms with Crippen LogP contribution in [0.3, 0.4) is 0 Å². The van der Waals surface area contributed by atoms with Crippen molar-refractivity contribution in [1.29, 1.82) is 0 Å². The third kappa shape index (κ3) is 2.54. The third-order valence-electron chi connectivity index (χ3n) is 3.71. The second-order valence-corrected chi connectivity index (χ2v) is 5.41. The number of fused-ring (bicyclic) bond motifs is 1. The van der Waals surface area contributed by atoms with E-state index in [0.717, 1.165) is 16.8 Å². The number of nitrogens with one attached hydrogen (secondary N) is 2. The molecular weight excluding hydrogens is 280 g/mol. The second-order valence-electron chi connectivity index (χ2n) is 5.01. The number of benzene rings is 1. The summed E-state index contributed by atoms with van der Waals surface area (Å²) in [5.74, 6) is 0.00599. The van der Waals surface area contributed by atoms with Gasteiger partial charge in [-0.15, -0.1) is 0 Å². The summed E-state index contributed by atoms with van der Waals surface area (Å²) in [6.45, 7) is 1.75. The Morgan fingerprint density at radius 2 is 2.30 bits per heavy atom. The molecule has 1 aromatic carbocycles. The van der Waals surface area contributed by atoms with Crippen LogP contribution < -0.4 is 10.6 Å². The lowest BCUT2D eigenvalue weighted by molar-refractivity contribution is -0.115. The van der Waals surface area contributed by atoms with E-state index in [0.29, 0.717) is 31.3 Å². The molecule has 3 rings (SSSR count). The quantitative estimate of drug-likeness (QED) is 0.888. The van der Waals surface area contributed by atoms with Crippen molar-refractivity contribution in [3.8, 4) is 0 Å². The smallest absolute Gasteiger partial charge is 0.228 e. The monoisotopic (exact) mass is 296 g/mol. The summed E-state index contributed by atoms with van der Waals surface area (Å²) in [6.07, 6.45) is 0.326. The van der Waals surface area contributed by atoms with Gasteiger partial charge >= 0.3 is 0 Å². The van der Waals surface area contributed by atoms with Gasteiger partial charge in [0.1, 0.15) is 6.10 Å². The minimum Gasteiger partial charge on any atom is -0.376 e. The molecule has 5 nitrogen and oxygen atoms in total. The number of halogens is 1. The van der Waals surface area contributed by atoms with Crippen molar-refractivity contribution >= 4 is 23.2 Å². The molecular formula is C14H17ClN2O3. The number of ether oxygens (including phenoxy) is 2. The average Bonchev–Trinajstić information content (AvgIpc) is 2.80. The highest BCUT2D eigenvalue weighted by Gasteiger charge is 2.29. The first-order valence-electron chi connectivity index (χ1n) is 6.68. The number of carbonyl (C=O) groups is 1. The lowest BCUT2D eigenvalue weighted by atomic mass is 9.98. The molecule has 0 bridgehead atoms. The maximum absolute atomic E-state index is 11.4. The molecule has 0 aromatic heterocycles. The van der Waals surface area contributed by atoms with Crippen LogP contribution in [0.25, 0.3) is 0 Å². The van der Waals surface area contributed by atoms with Gasteiger partial charge in [-0.3, -0.25) is 4.79 Å². The fraction of sp³-hybridized carbons (Fsp3) is 0.500. The topological polar surface area (TPSA) is 59.6 Å². The van der Waals surface area contributed by atoms with Crippen LogP contribution in [-0.4, -0.2) is 38.9 Å². The normalized spacial score (nSPS) is 23.3. The summed E-state index contributed by atoms with van der Waals surface area (Å²) in [5.41, 5.74) is 2.73. The highest BCUT2D eigenvalue weighted by atomic mass is 35.5. The third-order valence-corrected chi connectivity index (χ3v) is 4.03. The van der Waals surface area contributed by atoms with Crippen LogP contribution in [0.15, 0.2) is 12.1 Å². The van der Waals surface area contributed by atoms with E-state index in [2.05, 4.69) is 10.6 Å².